The number of methoxy groups -OCH3 is 1. The molecule has 33 nitrogen and oxygen atoms in total. The maximum absolute atomic E-state index is 12.2. The van der Waals surface area contributed by atoms with Gasteiger partial charge in [-0.15, -0.1) is 65.9 Å². The monoisotopic (exact) mass is 1690 g/mol. The number of rotatable bonds is 23. The number of nitrogens with one attached hydrogen (secondary N) is 4. The number of H-pyrrole nitrogens is 1. The lowest BCUT2D eigenvalue weighted by molar-refractivity contribution is -0.0578. The van der Waals surface area contributed by atoms with E-state index in [4.69, 9.17) is 33.8 Å². The molecule has 0 radical (unpaired) electrons. The van der Waals surface area contributed by atoms with Gasteiger partial charge in [-0.1, -0.05) is 13.2 Å². The van der Waals surface area contributed by atoms with E-state index in [2.05, 4.69) is 147 Å². The zero-order chi connectivity index (χ0) is 85.4. The second-order valence-corrected chi connectivity index (χ2v) is 55.1. The van der Waals surface area contributed by atoms with Gasteiger partial charge in [-0.2, -0.15) is 9.97 Å². The molecule has 7 aliphatic heterocycles. The molecule has 5 saturated heterocycles. The van der Waals surface area contributed by atoms with Crippen LogP contribution in [0, 0.1) is 12.3 Å². The topological polar surface area (TPSA) is 432 Å². The Morgan fingerprint density at radius 3 is 1.25 bits per heavy atom. The Balaban J connectivity index is 0.000000197. The summed E-state index contributed by atoms with van der Waals surface area (Å²) in [5.41, 5.74) is 0.378. The Kier molecular flexibility index (Phi) is 33.3. The van der Waals surface area contributed by atoms with Gasteiger partial charge in [-0.05, 0) is 167 Å². The standard InChI is InChI=1S/C17H26N3O3P.C16H28N3O3P.C15H26N3O4P.2C14H24N3O4P/c1-10-8-12-9-20(11(2)19-16(12)18-10)17-15(22)14(21)13(23-17)6-7-24(3,4)5;1-11-17-13(18(2)3)7-9-19(11)16-15(21)14(20)12(22-16)8-10-23(4,5)6;1-16-11-6-8-18(15(20)17-11)14-13(21-2)12(19)10(22-14)7-9-23(3,4)5;1-16-10(15)5-7-17(14(16)20)13-12(19)11(18)9(21-13)6-8-22(2,3)4;1-15-10-5-7-17(14(20)16-10)13-12(19)11(18)9(21-13)6-8-22(2,3)4/h8-9,13-15,17,21-22H,2-3,6-7H2,1,4-5H3,(H,18,19);7,9,12,14-16,20-21H,1,4,8,10H2,2-3,5-6H3;6,8,10,12-14,19H,3,7,9H2,1-2,4-5H3,(H,16,17,20);5,7,9,11-13,15,18-19H,2,6,8H2,1,3-4H3;5,7,9,11-13,18-19H,2,6,8H2,1,3-4H3,(H,15,16,20)/t13-,14-,15-,17?;12-,14-,15-,16?;10-,12-,13-,14?;2*9-,11-,12-,13?/m11111/s1. The summed E-state index contributed by atoms with van der Waals surface area (Å²) >= 11 is 0. The van der Waals surface area contributed by atoms with Gasteiger partial charge in [-0.25, -0.2) is 24.4 Å². The van der Waals surface area contributed by atoms with Crippen molar-refractivity contribution in [2.75, 3.05) is 143 Å². The van der Waals surface area contributed by atoms with Crippen LogP contribution in [0.3, 0.4) is 0 Å². The van der Waals surface area contributed by atoms with Crippen LogP contribution in [0.5, 0.6) is 0 Å². The van der Waals surface area contributed by atoms with Crippen molar-refractivity contribution < 1.29 is 74.4 Å². The molecule has 13 N–H and O–H groups in total. The maximum atomic E-state index is 12.2. The number of aliphatic hydroxyl groups excluding tert-OH is 9. The van der Waals surface area contributed by atoms with Crippen molar-refractivity contribution in [2.45, 2.75) is 162 Å². The lowest BCUT2D eigenvalue weighted by Crippen LogP contribution is -2.44. The molecule has 0 saturated carbocycles. The van der Waals surface area contributed by atoms with Crippen LogP contribution in [0.4, 0.5) is 11.6 Å². The molecule has 11 heterocycles. The molecule has 0 aliphatic carbocycles. The van der Waals surface area contributed by atoms with Crippen LogP contribution < -0.4 is 43.9 Å². The number of amidine groups is 1. The van der Waals surface area contributed by atoms with E-state index in [1.54, 1.807) is 48.4 Å². The average Bonchev–Trinajstić information content (AvgIpc) is 1.64. The minimum Gasteiger partial charge on any atom is -0.388 e. The SMILES string of the molecule is C=C1N=C(N(C)C)C=CN1C1O[C@H](CCP(=C)(C)C)[C@@H](O)[C@H]1O.C=C1N=c2[nH]c(C)cc2=CN1C1O[C@H](CCP(=C)(C)C)[C@@H](O)[C@H]1O.C=P(C)(C)CC[C@H]1OC(n2ccc(=N)n(C)c2=O)[C@H](O)[C@@H]1O.C=P(C)(C)CC[C@H]1OC(n2ccc(NC)nc2=O)[C@H](O)[C@@H]1O.C=P(C)(C)CC[C@H]1OC(n2ccc(NC)nc2=O)[C@H](OC)[C@@H]1O. The summed E-state index contributed by atoms with van der Waals surface area (Å²) in [6, 6.07) is 6.72. The molecular formula is C76H128N15O18P5. The summed E-state index contributed by atoms with van der Waals surface area (Å²) in [5.74, 6) is 2.66. The van der Waals surface area contributed by atoms with Gasteiger partial charge in [0.05, 0.1) is 30.5 Å². The molecule has 4 aromatic heterocycles. The highest BCUT2D eigenvalue weighted by Crippen LogP contribution is 2.44. The van der Waals surface area contributed by atoms with Crippen LogP contribution in [0.1, 0.15) is 56.5 Å². The van der Waals surface area contributed by atoms with E-state index in [1.165, 1.54) is 46.3 Å². The summed E-state index contributed by atoms with van der Waals surface area (Å²) in [6.45, 7) is 25.0. The van der Waals surface area contributed by atoms with Gasteiger partial charge < -0.3 is 105 Å². The molecule has 4 aromatic rings. The first-order chi connectivity index (χ1) is 52.9. The Morgan fingerprint density at radius 1 is 0.526 bits per heavy atom. The molecule has 38 heteroatoms. The van der Waals surface area contributed by atoms with E-state index < -0.39 is 168 Å². The van der Waals surface area contributed by atoms with Crippen LogP contribution in [-0.2, 0) is 35.5 Å². The predicted octanol–water partition coefficient (Wildman–Crippen LogP) is 0.852. The fraction of sp³-hybridized carbons (Fsp3) is 0.618. The average molecular weight is 1690 g/mol. The lowest BCUT2D eigenvalue weighted by atomic mass is 10.1. The van der Waals surface area contributed by atoms with Crippen LogP contribution in [-0.4, -0.2) is 368 Å². The highest BCUT2D eigenvalue weighted by molar-refractivity contribution is 7.73. The van der Waals surface area contributed by atoms with Crippen molar-refractivity contribution in [3.05, 3.63) is 133 Å². The summed E-state index contributed by atoms with van der Waals surface area (Å²) in [7, 11) is 10.1. The zero-order valence-corrected chi connectivity index (χ0v) is 73.7. The molecule has 640 valence electrons. The van der Waals surface area contributed by atoms with Gasteiger partial charge in [0.2, 0.25) is 0 Å². The van der Waals surface area contributed by atoms with Crippen molar-refractivity contribution >= 4 is 89.6 Å². The molecule has 0 bridgehead atoms. The van der Waals surface area contributed by atoms with Gasteiger partial charge >= 0.3 is 17.1 Å². The highest BCUT2D eigenvalue weighted by Gasteiger charge is 2.50. The van der Waals surface area contributed by atoms with E-state index in [0.29, 0.717) is 55.4 Å². The molecule has 0 aromatic carbocycles. The van der Waals surface area contributed by atoms with Crippen LogP contribution >= 0.6 is 34.4 Å². The molecule has 0 spiro atoms. The third-order valence-corrected chi connectivity index (χ3v) is 27.3. The number of aromatic nitrogens is 7. The van der Waals surface area contributed by atoms with Gasteiger partial charge in [0.25, 0.3) is 0 Å². The number of aliphatic imine (C=N–C) groups is 1. The molecule has 5 fully saturated rings. The lowest BCUT2D eigenvalue weighted by Gasteiger charge is -2.32. The molecular weight excluding hydrogens is 1570 g/mol. The van der Waals surface area contributed by atoms with Gasteiger partial charge in [0.15, 0.2) is 31.1 Å². The van der Waals surface area contributed by atoms with E-state index in [0.717, 1.165) is 57.6 Å². The fourth-order valence-electron chi connectivity index (χ4n) is 13.3. The largest absolute Gasteiger partial charge is 0.388 e. The van der Waals surface area contributed by atoms with Crippen molar-refractivity contribution in [3.8, 4) is 0 Å². The van der Waals surface area contributed by atoms with E-state index in [-0.39, 0.29) is 11.6 Å². The van der Waals surface area contributed by atoms with Gasteiger partial charge in [0.1, 0.15) is 101 Å². The normalized spacial score (nSPS) is 29.5. The summed E-state index contributed by atoms with van der Waals surface area (Å²) in [4.78, 5) is 61.3. The summed E-state index contributed by atoms with van der Waals surface area (Å²) in [5, 5.41) is 107. The van der Waals surface area contributed by atoms with Crippen molar-refractivity contribution in [1.29, 1.82) is 5.41 Å². The first kappa shape index (κ1) is 95.3. The Bertz CT molecular complexity index is 4690. The molecule has 20 atom stereocenters. The fourth-order valence-corrected chi connectivity index (χ4v) is 18.0. The third kappa shape index (κ3) is 25.6. The molecule has 5 unspecified atom stereocenters. The minimum absolute atomic E-state index is 0.0643. The smallest absolute Gasteiger partial charge is 0.351 e. The van der Waals surface area contributed by atoms with Crippen molar-refractivity contribution in [3.63, 3.8) is 0 Å². The first-order valence-electron chi connectivity index (χ1n) is 37.7. The number of aromatic amines is 1. The number of nitrogens with zero attached hydrogens (tertiary/aromatic N) is 11. The van der Waals surface area contributed by atoms with E-state index in [9.17, 15) is 60.3 Å². The van der Waals surface area contributed by atoms with Crippen molar-refractivity contribution in [2.24, 2.45) is 17.0 Å². The summed E-state index contributed by atoms with van der Waals surface area (Å²) in [6.07, 6.45) is 22.7. The van der Waals surface area contributed by atoms with Crippen LogP contribution in [0.2, 0.25) is 0 Å². The number of anilines is 2. The number of ether oxygens (including phenoxy) is 6. The maximum Gasteiger partial charge on any atom is 0.351 e. The number of hydrogen-bond acceptors (Lipinski definition) is 28. The molecule has 11 rings (SSSR count). The quantitative estimate of drug-likeness (QED) is 0.0458. The number of aryl methyl sites for hydroxylation is 1. The molecule has 0 amide bonds. The zero-order valence-electron chi connectivity index (χ0n) is 69.2. The Morgan fingerprint density at radius 2 is 0.877 bits per heavy atom. The van der Waals surface area contributed by atoms with E-state index >= 15 is 0 Å². The molecule has 7 aliphatic rings. The Labute approximate surface area is 669 Å². The number of fused-ring (bicyclic) bond motifs is 1. The number of likely N-dealkylation sites (N-methyl/N-ethyl adjacent to an activating group) is 1. The van der Waals surface area contributed by atoms with Crippen LogP contribution in [0.15, 0.2) is 104 Å². The molecule has 114 heavy (non-hydrogen) atoms. The summed E-state index contributed by atoms with van der Waals surface area (Å²) < 4.78 is 39.6. The second-order valence-electron chi connectivity index (χ2n) is 33.5. The van der Waals surface area contributed by atoms with Gasteiger partial charge in [-0.3, -0.25) is 23.7 Å². The second kappa shape index (κ2) is 39.8. The predicted molar refractivity (Wildman–Crippen MR) is 465 cm³/mol. The third-order valence-electron chi connectivity index (χ3n) is 20.0. The number of hydrogen-bond donors (Lipinski definition) is 13. The minimum atomic E-state index is -1.25. The highest BCUT2D eigenvalue weighted by atomic mass is 31.2. The van der Waals surface area contributed by atoms with Crippen molar-refractivity contribution in [1.82, 2.24) is 47.9 Å². The first-order valence-corrected chi connectivity index (χ1v) is 52.9. The van der Waals surface area contributed by atoms with Crippen LogP contribution in [0.25, 0.3) is 6.20 Å². The van der Waals surface area contributed by atoms with E-state index in [1.807, 2.05) is 44.3 Å². The number of aliphatic hydroxyl groups is 9. The van der Waals surface area contributed by atoms with Gasteiger partial charge in [0, 0.05) is 84.3 Å². The Hall–Kier alpha value is -5.82.